The Labute approximate surface area is 128 Å². The van der Waals surface area contributed by atoms with Crippen molar-refractivity contribution in [3.63, 3.8) is 0 Å². The van der Waals surface area contributed by atoms with E-state index in [-0.39, 0.29) is 11.9 Å². The summed E-state index contributed by atoms with van der Waals surface area (Å²) in [6, 6.07) is 0.226. The molecule has 116 valence electrons. The van der Waals surface area contributed by atoms with Gasteiger partial charge in [-0.3, -0.25) is 4.79 Å². The normalized spacial score (nSPS) is 20.6. The van der Waals surface area contributed by atoms with Crippen LogP contribution in [0.2, 0.25) is 0 Å². The van der Waals surface area contributed by atoms with E-state index in [0.717, 1.165) is 51.6 Å². The maximum absolute atomic E-state index is 12.8. The monoisotopic (exact) mass is 299 g/mol. The second kappa shape index (κ2) is 7.93. The van der Waals surface area contributed by atoms with E-state index in [1.807, 2.05) is 0 Å². The van der Waals surface area contributed by atoms with E-state index in [2.05, 4.69) is 31.1 Å². The highest BCUT2D eigenvalue weighted by Crippen LogP contribution is 2.31. The van der Waals surface area contributed by atoms with Crippen molar-refractivity contribution in [2.45, 2.75) is 58.4 Å². The van der Waals surface area contributed by atoms with Crippen LogP contribution in [-0.4, -0.2) is 42.0 Å². The molecule has 4 nitrogen and oxygen atoms in total. The molecule has 0 aromatic rings. The molecule has 1 fully saturated rings. The molecular formula is C15H29N3OS. The smallest absolute Gasteiger partial charge is 0.233 e. The first-order valence-electron chi connectivity index (χ1n) is 7.75. The van der Waals surface area contributed by atoms with Crippen LogP contribution in [0.4, 0.5) is 0 Å². The van der Waals surface area contributed by atoms with Gasteiger partial charge in [-0.25, -0.2) is 0 Å². The summed E-state index contributed by atoms with van der Waals surface area (Å²) in [4.78, 5) is 15.4. The molecule has 1 atom stereocenters. The molecule has 0 aliphatic carbocycles. The fourth-order valence-corrected chi connectivity index (χ4v) is 3.47. The predicted octanol–water partition coefficient (Wildman–Crippen LogP) is 2.07. The zero-order chi connectivity index (χ0) is 15.2. The molecule has 0 aromatic carbocycles. The lowest BCUT2D eigenvalue weighted by atomic mass is 9.78. The predicted molar refractivity (Wildman–Crippen MR) is 87.7 cm³/mol. The minimum Gasteiger partial charge on any atom is -0.392 e. The third kappa shape index (κ3) is 4.16. The lowest BCUT2D eigenvalue weighted by Crippen LogP contribution is -2.54. The topological polar surface area (TPSA) is 58.4 Å². The molecule has 0 spiro atoms. The summed E-state index contributed by atoms with van der Waals surface area (Å²) < 4.78 is 0. The van der Waals surface area contributed by atoms with Crippen LogP contribution in [0.1, 0.15) is 52.4 Å². The number of nitrogens with one attached hydrogen (secondary N) is 1. The summed E-state index contributed by atoms with van der Waals surface area (Å²) in [5.41, 5.74) is 5.28. The van der Waals surface area contributed by atoms with Gasteiger partial charge >= 0.3 is 0 Å². The van der Waals surface area contributed by atoms with Crippen LogP contribution < -0.4 is 11.1 Å². The Hall–Kier alpha value is -0.680. The van der Waals surface area contributed by atoms with Gasteiger partial charge in [0.05, 0.1) is 10.4 Å². The highest BCUT2D eigenvalue weighted by atomic mass is 32.1. The molecule has 1 aliphatic heterocycles. The highest BCUT2D eigenvalue weighted by molar-refractivity contribution is 7.80. The van der Waals surface area contributed by atoms with Crippen molar-refractivity contribution in [2.75, 3.05) is 20.1 Å². The van der Waals surface area contributed by atoms with E-state index in [9.17, 15) is 4.79 Å². The van der Waals surface area contributed by atoms with Crippen molar-refractivity contribution in [3.8, 4) is 0 Å². The molecule has 1 amide bonds. The van der Waals surface area contributed by atoms with Gasteiger partial charge in [0.25, 0.3) is 0 Å². The number of piperidine rings is 1. The van der Waals surface area contributed by atoms with E-state index in [1.165, 1.54) is 0 Å². The third-order valence-electron chi connectivity index (χ3n) is 4.22. The maximum atomic E-state index is 12.8. The van der Waals surface area contributed by atoms with Gasteiger partial charge in [0.1, 0.15) is 0 Å². The third-order valence-corrected chi connectivity index (χ3v) is 4.61. The Morgan fingerprint density at radius 2 is 2.00 bits per heavy atom. The van der Waals surface area contributed by atoms with E-state index >= 15 is 0 Å². The lowest BCUT2D eigenvalue weighted by molar-refractivity contribution is -0.129. The van der Waals surface area contributed by atoms with Gasteiger partial charge in [-0.05, 0) is 39.3 Å². The number of carbonyl (C=O) groups is 1. The van der Waals surface area contributed by atoms with Crippen LogP contribution in [0.3, 0.4) is 0 Å². The van der Waals surface area contributed by atoms with Crippen molar-refractivity contribution >= 4 is 23.1 Å². The number of likely N-dealkylation sites (N-methyl/N-ethyl adjacent to an activating group) is 1. The van der Waals surface area contributed by atoms with Crippen molar-refractivity contribution < 1.29 is 4.79 Å². The van der Waals surface area contributed by atoms with E-state index in [0.29, 0.717) is 4.99 Å². The first kappa shape index (κ1) is 17.4. The fourth-order valence-electron chi connectivity index (χ4n) is 3.17. The summed E-state index contributed by atoms with van der Waals surface area (Å²) in [5, 5.41) is 3.19. The number of nitrogens with two attached hydrogens (primary N) is 1. The zero-order valence-corrected chi connectivity index (χ0v) is 13.9. The quantitative estimate of drug-likeness (QED) is 0.707. The van der Waals surface area contributed by atoms with Crippen molar-refractivity contribution in [2.24, 2.45) is 11.1 Å². The van der Waals surface area contributed by atoms with E-state index < -0.39 is 5.41 Å². The molecule has 20 heavy (non-hydrogen) atoms. The first-order chi connectivity index (χ1) is 9.46. The number of amides is 1. The molecule has 0 radical (unpaired) electrons. The second-order valence-corrected chi connectivity index (χ2v) is 6.46. The molecule has 1 rings (SSSR count). The molecule has 3 N–H and O–H groups in total. The van der Waals surface area contributed by atoms with Crippen LogP contribution in [0.15, 0.2) is 0 Å². The molecule has 1 saturated heterocycles. The Morgan fingerprint density at radius 1 is 1.40 bits per heavy atom. The summed E-state index contributed by atoms with van der Waals surface area (Å²) in [5.74, 6) is 0.0361. The molecular weight excluding hydrogens is 270 g/mol. The molecule has 1 heterocycles. The maximum Gasteiger partial charge on any atom is 0.233 e. The number of hydrogen-bond acceptors (Lipinski definition) is 3. The summed E-state index contributed by atoms with van der Waals surface area (Å²) in [6.45, 7) is 6.17. The van der Waals surface area contributed by atoms with Crippen LogP contribution in [0.5, 0.6) is 0 Å². The number of likely N-dealkylation sites (tertiary alicyclic amines) is 1. The molecule has 1 unspecified atom stereocenters. The van der Waals surface area contributed by atoms with E-state index in [1.54, 1.807) is 0 Å². The van der Waals surface area contributed by atoms with Gasteiger partial charge in [-0.2, -0.15) is 0 Å². The number of carbonyl (C=O) groups excluding carboxylic acids is 1. The van der Waals surface area contributed by atoms with Crippen molar-refractivity contribution in [1.29, 1.82) is 0 Å². The Bertz CT molecular complexity index is 340. The van der Waals surface area contributed by atoms with Gasteiger partial charge < -0.3 is 16.0 Å². The minimum atomic E-state index is -0.658. The Morgan fingerprint density at radius 3 is 2.45 bits per heavy atom. The fraction of sp³-hybridized carbons (Fsp3) is 0.867. The zero-order valence-electron chi connectivity index (χ0n) is 13.1. The van der Waals surface area contributed by atoms with Crippen LogP contribution in [0, 0.1) is 5.41 Å². The van der Waals surface area contributed by atoms with Gasteiger partial charge in [0, 0.05) is 12.6 Å². The summed E-state index contributed by atoms with van der Waals surface area (Å²) in [6.07, 6.45) is 5.48. The summed E-state index contributed by atoms with van der Waals surface area (Å²) in [7, 11) is 2.09. The molecule has 1 aliphatic rings. The largest absolute Gasteiger partial charge is 0.392 e. The van der Waals surface area contributed by atoms with Crippen molar-refractivity contribution in [3.05, 3.63) is 0 Å². The molecule has 0 bridgehead atoms. The number of rotatable bonds is 7. The SMILES string of the molecule is CCCC(CCC)(C(=O)NC1CCCN(C)C1)C(N)=S. The minimum absolute atomic E-state index is 0.0361. The van der Waals surface area contributed by atoms with Crippen LogP contribution in [-0.2, 0) is 4.79 Å². The van der Waals surface area contributed by atoms with Gasteiger partial charge in [-0.15, -0.1) is 0 Å². The lowest BCUT2D eigenvalue weighted by Gasteiger charge is -2.36. The average molecular weight is 299 g/mol. The van der Waals surface area contributed by atoms with Gasteiger partial charge in [0.15, 0.2) is 0 Å². The standard InChI is InChI=1S/C15H29N3OS/c1-4-8-15(9-5-2,13(16)20)14(19)17-12-7-6-10-18(3)11-12/h12H,4-11H2,1-3H3,(H2,16,20)(H,17,19). The Balaban J connectivity index is 2.78. The average Bonchev–Trinajstić information content (AvgIpc) is 2.37. The number of nitrogens with zero attached hydrogens (tertiary/aromatic N) is 1. The molecule has 0 saturated carbocycles. The second-order valence-electron chi connectivity index (χ2n) is 6.02. The van der Waals surface area contributed by atoms with Gasteiger partial charge in [0.2, 0.25) is 5.91 Å². The summed E-state index contributed by atoms with van der Waals surface area (Å²) >= 11 is 5.23. The van der Waals surface area contributed by atoms with Crippen LogP contribution >= 0.6 is 12.2 Å². The number of hydrogen-bond donors (Lipinski definition) is 2. The van der Waals surface area contributed by atoms with Crippen molar-refractivity contribution in [1.82, 2.24) is 10.2 Å². The highest BCUT2D eigenvalue weighted by Gasteiger charge is 2.40. The molecule has 5 heteroatoms. The Kier molecular flexibility index (Phi) is 6.89. The first-order valence-corrected chi connectivity index (χ1v) is 8.16. The molecule has 0 aromatic heterocycles. The van der Waals surface area contributed by atoms with Crippen LogP contribution in [0.25, 0.3) is 0 Å². The van der Waals surface area contributed by atoms with Gasteiger partial charge in [-0.1, -0.05) is 38.9 Å². The van der Waals surface area contributed by atoms with E-state index in [4.69, 9.17) is 18.0 Å². The number of thiocarbonyl (C=S) groups is 1.